The van der Waals surface area contributed by atoms with Gasteiger partial charge in [-0.25, -0.2) is 4.79 Å². The number of amides is 1. The van der Waals surface area contributed by atoms with E-state index in [1.165, 1.54) is 4.90 Å². The topological polar surface area (TPSA) is 89.9 Å². The Labute approximate surface area is 87.9 Å². The number of hydrogen-bond acceptors (Lipinski definition) is 4. The van der Waals surface area contributed by atoms with Crippen LogP contribution in [0.4, 0.5) is 0 Å². The molecule has 0 spiro atoms. The number of likely N-dealkylation sites (N-methyl/N-ethyl adjacent to an activating group) is 1. The van der Waals surface area contributed by atoms with E-state index in [9.17, 15) is 14.7 Å². The number of aliphatic hydroxyl groups excluding tert-OH is 1. The number of aliphatic hydroxyl groups is 1. The summed E-state index contributed by atoms with van der Waals surface area (Å²) < 4.78 is 0. The summed E-state index contributed by atoms with van der Waals surface area (Å²) in [7, 11) is 0. The number of β-amino-alcohol motifs (C(OH)–C–C–N with tert-alkyl or cyclic N) is 1. The van der Waals surface area contributed by atoms with Crippen molar-refractivity contribution in [2.24, 2.45) is 0 Å². The van der Waals surface area contributed by atoms with Crippen LogP contribution in [-0.2, 0) is 9.59 Å². The molecule has 0 radical (unpaired) electrons. The number of nitrogens with one attached hydrogen (secondary N) is 1. The van der Waals surface area contributed by atoms with Crippen LogP contribution >= 0.6 is 0 Å². The Morgan fingerprint density at radius 3 is 2.73 bits per heavy atom. The second-order valence-electron chi connectivity index (χ2n) is 3.57. The van der Waals surface area contributed by atoms with Crippen LogP contribution in [0.15, 0.2) is 0 Å². The first-order valence-electron chi connectivity index (χ1n) is 4.97. The van der Waals surface area contributed by atoms with Crippen LogP contribution < -0.4 is 5.32 Å². The van der Waals surface area contributed by atoms with E-state index in [1.54, 1.807) is 0 Å². The fourth-order valence-corrected chi connectivity index (χ4v) is 1.66. The fourth-order valence-electron chi connectivity index (χ4n) is 1.66. The molecule has 1 amide bonds. The number of carboxylic acid groups (broad SMARTS) is 1. The summed E-state index contributed by atoms with van der Waals surface area (Å²) in [6, 6.07) is -0.883. The van der Waals surface area contributed by atoms with Gasteiger partial charge in [0.05, 0.1) is 12.6 Å². The fraction of sp³-hybridized carbons (Fsp3) is 0.778. The zero-order chi connectivity index (χ0) is 11.4. The molecule has 6 nitrogen and oxygen atoms in total. The summed E-state index contributed by atoms with van der Waals surface area (Å²) in [5.41, 5.74) is 0. The number of nitrogens with zero attached hydrogens (tertiary/aromatic N) is 1. The van der Waals surface area contributed by atoms with Crippen LogP contribution in [0.3, 0.4) is 0 Å². The molecule has 1 aliphatic rings. The third-order valence-corrected chi connectivity index (χ3v) is 2.41. The average molecular weight is 216 g/mol. The van der Waals surface area contributed by atoms with Crippen molar-refractivity contribution in [2.75, 3.05) is 19.6 Å². The van der Waals surface area contributed by atoms with Gasteiger partial charge in [0.2, 0.25) is 5.91 Å². The van der Waals surface area contributed by atoms with Crippen molar-refractivity contribution in [1.29, 1.82) is 0 Å². The molecule has 0 aromatic carbocycles. The van der Waals surface area contributed by atoms with Gasteiger partial charge in [0.25, 0.3) is 0 Å². The Morgan fingerprint density at radius 1 is 1.53 bits per heavy atom. The molecule has 0 saturated carbocycles. The largest absolute Gasteiger partial charge is 0.480 e. The third-order valence-electron chi connectivity index (χ3n) is 2.41. The van der Waals surface area contributed by atoms with Crippen LogP contribution in [-0.4, -0.2) is 58.8 Å². The van der Waals surface area contributed by atoms with Gasteiger partial charge in [-0.1, -0.05) is 6.92 Å². The zero-order valence-corrected chi connectivity index (χ0v) is 8.64. The van der Waals surface area contributed by atoms with Crippen molar-refractivity contribution < 1.29 is 19.8 Å². The molecular weight excluding hydrogens is 200 g/mol. The van der Waals surface area contributed by atoms with E-state index in [1.807, 2.05) is 6.92 Å². The monoisotopic (exact) mass is 216 g/mol. The molecule has 1 fully saturated rings. The second kappa shape index (κ2) is 5.09. The highest BCUT2D eigenvalue weighted by Gasteiger charge is 2.38. The number of carbonyl (C=O) groups is 2. The van der Waals surface area contributed by atoms with Crippen LogP contribution in [0.1, 0.15) is 13.3 Å². The van der Waals surface area contributed by atoms with Crippen molar-refractivity contribution in [3.05, 3.63) is 0 Å². The average Bonchev–Trinajstić information content (AvgIpc) is 2.57. The molecule has 1 aliphatic heterocycles. The SMILES string of the molecule is CCNCC(=O)N1CC(O)C[C@H]1C(=O)O. The summed E-state index contributed by atoms with van der Waals surface area (Å²) in [5, 5.41) is 21.0. The second-order valence-corrected chi connectivity index (χ2v) is 3.57. The third kappa shape index (κ3) is 2.90. The van der Waals surface area contributed by atoms with Gasteiger partial charge >= 0.3 is 5.97 Å². The predicted molar refractivity (Wildman–Crippen MR) is 52.3 cm³/mol. The number of rotatable bonds is 4. The highest BCUT2D eigenvalue weighted by Crippen LogP contribution is 2.17. The molecule has 1 heterocycles. The van der Waals surface area contributed by atoms with Crippen molar-refractivity contribution in [3.63, 3.8) is 0 Å². The van der Waals surface area contributed by atoms with Gasteiger partial charge in [0.1, 0.15) is 6.04 Å². The molecule has 3 N–H and O–H groups in total. The molecule has 0 aromatic rings. The first kappa shape index (κ1) is 11.9. The molecule has 0 aromatic heterocycles. The van der Waals surface area contributed by atoms with E-state index in [-0.39, 0.29) is 25.4 Å². The first-order valence-corrected chi connectivity index (χ1v) is 4.97. The Hall–Kier alpha value is -1.14. The summed E-state index contributed by atoms with van der Waals surface area (Å²) in [4.78, 5) is 23.6. The summed E-state index contributed by atoms with van der Waals surface area (Å²) in [5.74, 6) is -1.34. The van der Waals surface area contributed by atoms with Crippen molar-refractivity contribution in [2.45, 2.75) is 25.5 Å². The molecule has 15 heavy (non-hydrogen) atoms. The number of carbonyl (C=O) groups excluding carboxylic acids is 1. The minimum absolute atomic E-state index is 0.112. The van der Waals surface area contributed by atoms with E-state index >= 15 is 0 Å². The maximum absolute atomic E-state index is 11.6. The Kier molecular flexibility index (Phi) is 4.05. The van der Waals surface area contributed by atoms with Gasteiger partial charge in [-0.05, 0) is 6.54 Å². The van der Waals surface area contributed by atoms with Gasteiger partial charge in [-0.3, -0.25) is 4.79 Å². The minimum atomic E-state index is -1.06. The van der Waals surface area contributed by atoms with E-state index in [2.05, 4.69) is 5.32 Å². The lowest BCUT2D eigenvalue weighted by atomic mass is 10.2. The van der Waals surface area contributed by atoms with Crippen LogP contribution in [0, 0.1) is 0 Å². The normalized spacial score (nSPS) is 25.6. The maximum atomic E-state index is 11.6. The van der Waals surface area contributed by atoms with Gasteiger partial charge in [0.15, 0.2) is 0 Å². The lowest BCUT2D eigenvalue weighted by molar-refractivity contribution is -0.147. The number of hydrogen-bond donors (Lipinski definition) is 3. The summed E-state index contributed by atoms with van der Waals surface area (Å²) >= 11 is 0. The Balaban J connectivity index is 2.58. The highest BCUT2D eigenvalue weighted by molar-refractivity contribution is 5.85. The van der Waals surface area contributed by atoms with Gasteiger partial charge in [-0.2, -0.15) is 0 Å². The highest BCUT2D eigenvalue weighted by atomic mass is 16.4. The molecule has 1 unspecified atom stereocenters. The van der Waals surface area contributed by atoms with Crippen LogP contribution in [0.5, 0.6) is 0 Å². The summed E-state index contributed by atoms with van der Waals surface area (Å²) in [6.45, 7) is 2.74. The van der Waals surface area contributed by atoms with E-state index in [4.69, 9.17) is 5.11 Å². The quantitative estimate of drug-likeness (QED) is 0.540. The van der Waals surface area contributed by atoms with Crippen molar-refractivity contribution in [1.82, 2.24) is 10.2 Å². The van der Waals surface area contributed by atoms with Crippen molar-refractivity contribution >= 4 is 11.9 Å². The minimum Gasteiger partial charge on any atom is -0.480 e. The lowest BCUT2D eigenvalue weighted by Crippen LogP contribution is -2.44. The Bertz CT molecular complexity index is 256. The molecular formula is C9H16N2O4. The predicted octanol–water partition coefficient (Wildman–Crippen LogP) is -1.36. The summed E-state index contributed by atoms with van der Waals surface area (Å²) in [6.07, 6.45) is -0.607. The molecule has 1 rings (SSSR count). The van der Waals surface area contributed by atoms with Crippen LogP contribution in [0.2, 0.25) is 0 Å². The zero-order valence-electron chi connectivity index (χ0n) is 8.64. The number of likely N-dealkylation sites (tertiary alicyclic amines) is 1. The standard InChI is InChI=1S/C9H16N2O4/c1-2-10-4-8(13)11-5-6(12)3-7(11)9(14)15/h6-7,10,12H,2-5H2,1H3,(H,14,15)/t6?,7-/m0/s1. The molecule has 86 valence electrons. The number of aliphatic carboxylic acids is 1. The lowest BCUT2D eigenvalue weighted by Gasteiger charge is -2.21. The van der Waals surface area contributed by atoms with Gasteiger partial charge in [-0.15, -0.1) is 0 Å². The van der Waals surface area contributed by atoms with Crippen LogP contribution in [0.25, 0.3) is 0 Å². The number of carboxylic acids is 1. The molecule has 0 aliphatic carbocycles. The smallest absolute Gasteiger partial charge is 0.326 e. The van der Waals surface area contributed by atoms with E-state index in [0.717, 1.165) is 0 Å². The molecule has 6 heteroatoms. The van der Waals surface area contributed by atoms with Gasteiger partial charge in [0, 0.05) is 13.0 Å². The van der Waals surface area contributed by atoms with Gasteiger partial charge < -0.3 is 20.4 Å². The first-order chi connectivity index (χ1) is 7.06. The Morgan fingerprint density at radius 2 is 2.20 bits per heavy atom. The molecule has 1 saturated heterocycles. The van der Waals surface area contributed by atoms with E-state index < -0.39 is 18.1 Å². The van der Waals surface area contributed by atoms with E-state index in [0.29, 0.717) is 6.54 Å². The maximum Gasteiger partial charge on any atom is 0.326 e. The molecule has 0 bridgehead atoms. The molecule has 2 atom stereocenters. The van der Waals surface area contributed by atoms with Crippen molar-refractivity contribution in [3.8, 4) is 0 Å².